The second-order valence-corrected chi connectivity index (χ2v) is 4.65. The Morgan fingerprint density at radius 3 is 2.70 bits per heavy atom. The molecule has 0 unspecified atom stereocenters. The van der Waals surface area contributed by atoms with E-state index >= 15 is 0 Å². The van der Waals surface area contributed by atoms with Crippen LogP contribution in [-0.2, 0) is 9.53 Å². The molecule has 1 saturated heterocycles. The van der Waals surface area contributed by atoms with Gasteiger partial charge in [0.05, 0.1) is 24.5 Å². The van der Waals surface area contributed by atoms with E-state index in [-0.39, 0.29) is 11.8 Å². The highest BCUT2D eigenvalue weighted by Gasteiger charge is 2.21. The molecule has 1 aromatic rings. The van der Waals surface area contributed by atoms with Gasteiger partial charge >= 0.3 is 0 Å². The summed E-state index contributed by atoms with van der Waals surface area (Å²) >= 11 is 0. The van der Waals surface area contributed by atoms with Crippen LogP contribution in [0.1, 0.15) is 15.9 Å². The van der Waals surface area contributed by atoms with Gasteiger partial charge in [-0.2, -0.15) is 0 Å². The fraction of sp³-hybridized carbons (Fsp3) is 0.333. The van der Waals surface area contributed by atoms with Crippen molar-refractivity contribution in [1.29, 1.82) is 0 Å². The molecule has 1 N–H and O–H groups in total. The SMILES string of the molecule is C=CC(=O)Nc1cc(C)ccc1C(=O)N1CCOCC1. The predicted octanol–water partition coefficient (Wildman–Crippen LogP) is 1.59. The molecule has 5 heteroatoms. The van der Waals surface area contributed by atoms with Crippen molar-refractivity contribution in [3.05, 3.63) is 42.0 Å². The number of aryl methyl sites for hydroxylation is 1. The summed E-state index contributed by atoms with van der Waals surface area (Å²) in [6, 6.07) is 5.39. The van der Waals surface area contributed by atoms with Crippen LogP contribution in [0, 0.1) is 6.92 Å². The highest BCUT2D eigenvalue weighted by Crippen LogP contribution is 2.20. The van der Waals surface area contributed by atoms with Gasteiger partial charge < -0.3 is 15.0 Å². The summed E-state index contributed by atoms with van der Waals surface area (Å²) in [7, 11) is 0. The van der Waals surface area contributed by atoms with Crippen molar-refractivity contribution in [1.82, 2.24) is 4.90 Å². The molecule has 0 spiro atoms. The first-order valence-corrected chi connectivity index (χ1v) is 6.53. The van der Waals surface area contributed by atoms with E-state index in [2.05, 4.69) is 11.9 Å². The van der Waals surface area contributed by atoms with Gasteiger partial charge in [0, 0.05) is 13.1 Å². The molecule has 2 amide bonds. The maximum absolute atomic E-state index is 12.5. The average molecular weight is 274 g/mol. The lowest BCUT2D eigenvalue weighted by Crippen LogP contribution is -2.41. The number of anilines is 1. The van der Waals surface area contributed by atoms with Gasteiger partial charge in [0.25, 0.3) is 5.91 Å². The molecule has 20 heavy (non-hydrogen) atoms. The Kier molecular flexibility index (Phi) is 4.53. The van der Waals surface area contributed by atoms with Gasteiger partial charge in [-0.05, 0) is 30.7 Å². The Hall–Kier alpha value is -2.14. The van der Waals surface area contributed by atoms with Gasteiger partial charge in [0.15, 0.2) is 0 Å². The molecule has 0 saturated carbocycles. The molecule has 1 aliphatic heterocycles. The van der Waals surface area contributed by atoms with E-state index in [0.29, 0.717) is 37.6 Å². The monoisotopic (exact) mass is 274 g/mol. The third-order valence-electron chi connectivity index (χ3n) is 3.15. The smallest absolute Gasteiger partial charge is 0.256 e. The highest BCUT2D eigenvalue weighted by atomic mass is 16.5. The number of hydrogen-bond donors (Lipinski definition) is 1. The molecule has 0 aromatic heterocycles. The van der Waals surface area contributed by atoms with Crippen molar-refractivity contribution >= 4 is 17.5 Å². The predicted molar refractivity (Wildman–Crippen MR) is 76.7 cm³/mol. The van der Waals surface area contributed by atoms with Gasteiger partial charge in [0.1, 0.15) is 0 Å². The van der Waals surface area contributed by atoms with E-state index in [4.69, 9.17) is 4.74 Å². The lowest BCUT2D eigenvalue weighted by atomic mass is 10.1. The Bertz CT molecular complexity index is 534. The molecular formula is C15H18N2O3. The fourth-order valence-electron chi connectivity index (χ4n) is 2.07. The zero-order valence-corrected chi connectivity index (χ0v) is 11.5. The second-order valence-electron chi connectivity index (χ2n) is 4.65. The van der Waals surface area contributed by atoms with Gasteiger partial charge in [-0.1, -0.05) is 12.6 Å². The Morgan fingerprint density at radius 1 is 1.35 bits per heavy atom. The summed E-state index contributed by atoms with van der Waals surface area (Å²) in [6.45, 7) is 7.57. The topological polar surface area (TPSA) is 58.6 Å². The van der Waals surface area contributed by atoms with Crippen molar-refractivity contribution in [3.63, 3.8) is 0 Å². The fourth-order valence-corrected chi connectivity index (χ4v) is 2.07. The first kappa shape index (κ1) is 14.3. The molecule has 106 valence electrons. The standard InChI is InChI=1S/C15H18N2O3/c1-3-14(18)16-13-10-11(2)4-5-12(13)15(19)17-6-8-20-9-7-17/h3-5,10H,1,6-9H2,2H3,(H,16,18). The molecule has 0 radical (unpaired) electrons. The van der Waals surface area contributed by atoms with E-state index < -0.39 is 0 Å². The molecule has 0 bridgehead atoms. The lowest BCUT2D eigenvalue weighted by Gasteiger charge is -2.27. The molecule has 1 fully saturated rings. The number of nitrogens with zero attached hydrogens (tertiary/aromatic N) is 1. The van der Waals surface area contributed by atoms with Crippen LogP contribution in [-0.4, -0.2) is 43.0 Å². The third kappa shape index (κ3) is 3.24. The minimum absolute atomic E-state index is 0.0901. The molecule has 5 nitrogen and oxygen atoms in total. The molecule has 0 aliphatic carbocycles. The number of ether oxygens (including phenoxy) is 1. The van der Waals surface area contributed by atoms with Crippen LogP contribution in [0.5, 0.6) is 0 Å². The van der Waals surface area contributed by atoms with E-state index in [1.54, 1.807) is 17.0 Å². The van der Waals surface area contributed by atoms with Crippen molar-refractivity contribution in [2.45, 2.75) is 6.92 Å². The second kappa shape index (κ2) is 6.34. The minimum Gasteiger partial charge on any atom is -0.378 e. The van der Waals surface area contributed by atoms with Crippen LogP contribution >= 0.6 is 0 Å². The van der Waals surface area contributed by atoms with E-state index in [1.807, 2.05) is 13.0 Å². The highest BCUT2D eigenvalue weighted by molar-refractivity contribution is 6.06. The number of hydrogen-bond acceptors (Lipinski definition) is 3. The third-order valence-corrected chi connectivity index (χ3v) is 3.15. The van der Waals surface area contributed by atoms with Crippen molar-refractivity contribution in [2.75, 3.05) is 31.6 Å². The summed E-state index contributed by atoms with van der Waals surface area (Å²) in [5.74, 6) is -0.417. The molecule has 0 atom stereocenters. The number of carbonyl (C=O) groups excluding carboxylic acids is 2. The van der Waals surface area contributed by atoms with Crippen LogP contribution in [0.3, 0.4) is 0 Å². The number of amides is 2. The number of nitrogens with one attached hydrogen (secondary N) is 1. The number of morpholine rings is 1. The first-order valence-electron chi connectivity index (χ1n) is 6.53. The van der Waals surface area contributed by atoms with Gasteiger partial charge in [0.2, 0.25) is 5.91 Å². The zero-order chi connectivity index (χ0) is 14.5. The maximum atomic E-state index is 12.5. The van der Waals surface area contributed by atoms with E-state index in [1.165, 1.54) is 6.08 Å². The van der Waals surface area contributed by atoms with Crippen LogP contribution < -0.4 is 5.32 Å². The summed E-state index contributed by atoms with van der Waals surface area (Å²) in [5.41, 5.74) is 1.99. The summed E-state index contributed by atoms with van der Waals surface area (Å²) in [5, 5.41) is 2.69. The van der Waals surface area contributed by atoms with E-state index in [0.717, 1.165) is 5.56 Å². The van der Waals surface area contributed by atoms with Crippen LogP contribution in [0.25, 0.3) is 0 Å². The van der Waals surface area contributed by atoms with Gasteiger partial charge in [-0.15, -0.1) is 0 Å². The molecule has 1 aliphatic rings. The largest absolute Gasteiger partial charge is 0.378 e. The Labute approximate surface area is 118 Å². The van der Waals surface area contributed by atoms with E-state index in [9.17, 15) is 9.59 Å². The number of rotatable bonds is 3. The summed E-state index contributed by atoms with van der Waals surface area (Å²) < 4.78 is 5.24. The lowest BCUT2D eigenvalue weighted by molar-refractivity contribution is -0.111. The molecule has 1 heterocycles. The summed E-state index contributed by atoms with van der Waals surface area (Å²) in [4.78, 5) is 25.7. The van der Waals surface area contributed by atoms with Crippen molar-refractivity contribution < 1.29 is 14.3 Å². The van der Waals surface area contributed by atoms with Gasteiger partial charge in [-0.3, -0.25) is 9.59 Å². The number of benzene rings is 1. The van der Waals surface area contributed by atoms with Crippen LogP contribution in [0.2, 0.25) is 0 Å². The average Bonchev–Trinajstić information content (AvgIpc) is 2.47. The van der Waals surface area contributed by atoms with Crippen LogP contribution in [0.4, 0.5) is 5.69 Å². The van der Waals surface area contributed by atoms with Gasteiger partial charge in [-0.25, -0.2) is 0 Å². The maximum Gasteiger partial charge on any atom is 0.256 e. The summed E-state index contributed by atoms with van der Waals surface area (Å²) in [6.07, 6.45) is 1.19. The molecular weight excluding hydrogens is 256 g/mol. The minimum atomic E-state index is -0.327. The van der Waals surface area contributed by atoms with Crippen molar-refractivity contribution in [3.8, 4) is 0 Å². The zero-order valence-electron chi connectivity index (χ0n) is 11.5. The van der Waals surface area contributed by atoms with Crippen LogP contribution in [0.15, 0.2) is 30.9 Å². The van der Waals surface area contributed by atoms with Crippen molar-refractivity contribution in [2.24, 2.45) is 0 Å². The first-order chi connectivity index (χ1) is 9.61. The Morgan fingerprint density at radius 2 is 2.05 bits per heavy atom. The normalized spacial score (nSPS) is 14.8. The number of carbonyl (C=O) groups is 2. The quantitative estimate of drug-likeness (QED) is 0.852. The Balaban J connectivity index is 2.27. The molecule has 2 rings (SSSR count). The molecule has 1 aromatic carbocycles.